The number of pyridine rings is 1. The maximum atomic E-state index is 6.18. The van der Waals surface area contributed by atoms with E-state index in [4.69, 9.17) is 11.6 Å². The van der Waals surface area contributed by atoms with Crippen LogP contribution in [0.1, 0.15) is 17.8 Å². The minimum Gasteiger partial charge on any atom is -0.376 e. The number of nitrogens with one attached hydrogen (secondary N) is 1. The fourth-order valence-corrected chi connectivity index (χ4v) is 3.78. The highest BCUT2D eigenvalue weighted by atomic mass is 79.9. The maximum absolute atomic E-state index is 6.18. The van der Waals surface area contributed by atoms with Gasteiger partial charge in [-0.25, -0.2) is 0 Å². The summed E-state index contributed by atoms with van der Waals surface area (Å²) in [5, 5.41) is 5.26. The Labute approximate surface area is 134 Å². The van der Waals surface area contributed by atoms with Crippen molar-refractivity contribution < 1.29 is 0 Å². The Morgan fingerprint density at radius 1 is 1.30 bits per heavy atom. The number of benzene rings is 1. The van der Waals surface area contributed by atoms with Crippen molar-refractivity contribution in [3.8, 4) is 0 Å². The molecule has 0 spiro atoms. The molecule has 0 fully saturated rings. The van der Waals surface area contributed by atoms with Crippen LogP contribution in [-0.4, -0.2) is 4.98 Å². The molecular formula is C15H12BrClN2S. The quantitative estimate of drug-likeness (QED) is 0.624. The van der Waals surface area contributed by atoms with Crippen molar-refractivity contribution in [3.63, 3.8) is 0 Å². The molecule has 3 aromatic rings. The minimum absolute atomic E-state index is 0.204. The Morgan fingerprint density at radius 3 is 2.90 bits per heavy atom. The fourth-order valence-electron chi connectivity index (χ4n) is 2.13. The largest absolute Gasteiger partial charge is 0.376 e. The van der Waals surface area contributed by atoms with Gasteiger partial charge in [0, 0.05) is 21.5 Å². The molecule has 0 aliphatic rings. The summed E-state index contributed by atoms with van der Waals surface area (Å²) in [6, 6.07) is 12.2. The van der Waals surface area contributed by atoms with Gasteiger partial charge < -0.3 is 5.32 Å². The zero-order valence-corrected chi connectivity index (χ0v) is 13.9. The molecule has 2 aromatic heterocycles. The van der Waals surface area contributed by atoms with Crippen molar-refractivity contribution in [3.05, 3.63) is 56.3 Å². The van der Waals surface area contributed by atoms with Gasteiger partial charge in [-0.2, -0.15) is 0 Å². The van der Waals surface area contributed by atoms with Gasteiger partial charge >= 0.3 is 0 Å². The molecule has 2 nitrogen and oxygen atoms in total. The van der Waals surface area contributed by atoms with E-state index in [0.717, 1.165) is 20.4 Å². The summed E-state index contributed by atoms with van der Waals surface area (Å²) >= 11 is 11.4. The summed E-state index contributed by atoms with van der Waals surface area (Å²) in [6.45, 7) is 2.13. The first-order chi connectivity index (χ1) is 9.63. The van der Waals surface area contributed by atoms with Gasteiger partial charge in [0.1, 0.15) is 0 Å². The number of hydrogen-bond acceptors (Lipinski definition) is 3. The fraction of sp³-hybridized carbons (Fsp3) is 0.133. The lowest BCUT2D eigenvalue weighted by Gasteiger charge is -2.15. The summed E-state index contributed by atoms with van der Waals surface area (Å²) in [6.07, 6.45) is 1.80. The summed E-state index contributed by atoms with van der Waals surface area (Å²) in [5.74, 6) is 0. The molecule has 0 aliphatic carbocycles. The zero-order chi connectivity index (χ0) is 14.1. The second kappa shape index (κ2) is 5.72. The standard InChI is InChI=1S/C15H12BrClN2S/c1-9(13-4-5-14(16)20-13)19-12-8-11(17)7-10-3-2-6-18-15(10)12/h2-9,19H,1H3. The highest BCUT2D eigenvalue weighted by Gasteiger charge is 2.11. The number of aromatic nitrogens is 1. The summed E-state index contributed by atoms with van der Waals surface area (Å²) in [7, 11) is 0. The molecule has 1 N–H and O–H groups in total. The average Bonchev–Trinajstić information content (AvgIpc) is 2.85. The van der Waals surface area contributed by atoms with Crippen LogP contribution >= 0.6 is 38.9 Å². The van der Waals surface area contributed by atoms with Crippen LogP contribution in [-0.2, 0) is 0 Å². The Kier molecular flexibility index (Phi) is 3.96. The second-order valence-corrected chi connectivity index (χ2v) is 7.47. The van der Waals surface area contributed by atoms with Gasteiger partial charge in [-0.3, -0.25) is 4.98 Å². The van der Waals surface area contributed by atoms with Gasteiger partial charge in [0.2, 0.25) is 0 Å². The molecule has 1 atom stereocenters. The van der Waals surface area contributed by atoms with E-state index in [2.05, 4.69) is 45.3 Å². The van der Waals surface area contributed by atoms with Crippen molar-refractivity contribution in [1.82, 2.24) is 4.98 Å². The third kappa shape index (κ3) is 2.82. The smallest absolute Gasteiger partial charge is 0.0934 e. The first-order valence-corrected chi connectivity index (χ1v) is 8.18. The normalized spacial score (nSPS) is 12.6. The lowest BCUT2D eigenvalue weighted by Crippen LogP contribution is -2.05. The van der Waals surface area contributed by atoms with E-state index in [-0.39, 0.29) is 6.04 Å². The highest BCUT2D eigenvalue weighted by Crippen LogP contribution is 2.32. The highest BCUT2D eigenvalue weighted by molar-refractivity contribution is 9.11. The first kappa shape index (κ1) is 13.9. The van der Waals surface area contributed by atoms with Gasteiger partial charge in [-0.05, 0) is 53.2 Å². The predicted octanol–water partition coefficient (Wildman–Crippen LogP) is 5.89. The van der Waals surface area contributed by atoms with Crippen LogP contribution in [0.2, 0.25) is 5.02 Å². The first-order valence-electron chi connectivity index (χ1n) is 6.19. The molecule has 0 saturated carbocycles. The van der Waals surface area contributed by atoms with Gasteiger partial charge in [-0.1, -0.05) is 17.7 Å². The van der Waals surface area contributed by atoms with E-state index in [1.165, 1.54) is 4.88 Å². The number of halogens is 2. The van der Waals surface area contributed by atoms with E-state index in [9.17, 15) is 0 Å². The summed E-state index contributed by atoms with van der Waals surface area (Å²) in [4.78, 5) is 5.71. The lowest BCUT2D eigenvalue weighted by atomic mass is 10.1. The van der Waals surface area contributed by atoms with E-state index in [1.54, 1.807) is 17.5 Å². The number of thiophene rings is 1. The molecule has 1 aromatic carbocycles. The number of anilines is 1. The molecule has 0 saturated heterocycles. The van der Waals surface area contributed by atoms with Gasteiger partial charge in [-0.15, -0.1) is 11.3 Å². The Bertz CT molecular complexity index is 756. The number of hydrogen-bond donors (Lipinski definition) is 1. The van der Waals surface area contributed by atoms with E-state index < -0.39 is 0 Å². The molecule has 3 rings (SSSR count). The lowest BCUT2D eigenvalue weighted by molar-refractivity contribution is 0.909. The number of rotatable bonds is 3. The molecule has 0 radical (unpaired) electrons. The third-order valence-electron chi connectivity index (χ3n) is 3.06. The van der Waals surface area contributed by atoms with Crippen LogP contribution in [0.3, 0.4) is 0 Å². The van der Waals surface area contributed by atoms with Crippen LogP contribution in [0.4, 0.5) is 5.69 Å². The van der Waals surface area contributed by atoms with Crippen LogP contribution < -0.4 is 5.32 Å². The average molecular weight is 368 g/mol. The van der Waals surface area contributed by atoms with Gasteiger partial charge in [0.25, 0.3) is 0 Å². The van der Waals surface area contributed by atoms with Crippen molar-refractivity contribution in [2.24, 2.45) is 0 Å². The molecule has 0 aliphatic heterocycles. The maximum Gasteiger partial charge on any atom is 0.0934 e. The SMILES string of the molecule is CC(Nc1cc(Cl)cc2cccnc12)c1ccc(Br)s1. The minimum atomic E-state index is 0.204. The molecule has 0 amide bonds. The topological polar surface area (TPSA) is 24.9 Å². The molecule has 0 bridgehead atoms. The monoisotopic (exact) mass is 366 g/mol. The second-order valence-electron chi connectivity index (χ2n) is 4.54. The Balaban J connectivity index is 1.98. The zero-order valence-electron chi connectivity index (χ0n) is 10.7. The van der Waals surface area contributed by atoms with E-state index in [0.29, 0.717) is 5.02 Å². The van der Waals surface area contributed by atoms with Crippen molar-refractivity contribution in [2.75, 3.05) is 5.32 Å². The predicted molar refractivity (Wildman–Crippen MR) is 90.8 cm³/mol. The van der Waals surface area contributed by atoms with E-state index >= 15 is 0 Å². The molecule has 5 heteroatoms. The van der Waals surface area contributed by atoms with Gasteiger partial charge in [0.05, 0.1) is 21.0 Å². The summed E-state index contributed by atoms with van der Waals surface area (Å²) < 4.78 is 1.13. The molecule has 102 valence electrons. The van der Waals surface area contributed by atoms with Crippen molar-refractivity contribution in [1.29, 1.82) is 0 Å². The molecule has 20 heavy (non-hydrogen) atoms. The van der Waals surface area contributed by atoms with E-state index in [1.807, 2.05) is 24.3 Å². The van der Waals surface area contributed by atoms with Crippen molar-refractivity contribution >= 4 is 55.5 Å². The number of fused-ring (bicyclic) bond motifs is 1. The molecule has 1 unspecified atom stereocenters. The van der Waals surface area contributed by atoms with Crippen LogP contribution in [0.15, 0.2) is 46.4 Å². The summed E-state index contributed by atoms with van der Waals surface area (Å²) in [5.41, 5.74) is 1.91. The van der Waals surface area contributed by atoms with Crippen LogP contribution in [0.25, 0.3) is 10.9 Å². The molecular weight excluding hydrogens is 356 g/mol. The Morgan fingerprint density at radius 2 is 2.15 bits per heavy atom. The van der Waals surface area contributed by atoms with Crippen LogP contribution in [0.5, 0.6) is 0 Å². The van der Waals surface area contributed by atoms with Crippen molar-refractivity contribution in [2.45, 2.75) is 13.0 Å². The Hall–Kier alpha value is -1.10. The number of nitrogens with zero attached hydrogens (tertiary/aromatic N) is 1. The van der Waals surface area contributed by atoms with Gasteiger partial charge in [0.15, 0.2) is 0 Å². The molecule has 2 heterocycles. The van der Waals surface area contributed by atoms with Crippen LogP contribution in [0, 0.1) is 0 Å². The third-order valence-corrected chi connectivity index (χ3v) is 5.09.